The monoisotopic (exact) mass is 235 g/mol. The van der Waals surface area contributed by atoms with Crippen molar-refractivity contribution in [3.05, 3.63) is 22.1 Å². The number of carbonyl (C=O) groups is 1. The van der Waals surface area contributed by atoms with Gasteiger partial charge in [-0.05, 0) is 6.92 Å². The molecule has 0 aromatic carbocycles. The van der Waals surface area contributed by atoms with Gasteiger partial charge in [0.1, 0.15) is 6.54 Å². The smallest absolute Gasteiger partial charge is 0.299 e. The molecule has 1 aromatic rings. The molecular formula is C11H13N3O3. The van der Waals surface area contributed by atoms with Gasteiger partial charge in [-0.15, -0.1) is 6.42 Å². The first-order valence-electron chi connectivity index (χ1n) is 4.91. The van der Waals surface area contributed by atoms with Crippen molar-refractivity contribution in [1.29, 1.82) is 0 Å². The Labute approximate surface area is 98.6 Å². The first-order valence-corrected chi connectivity index (χ1v) is 4.91. The van der Waals surface area contributed by atoms with Gasteiger partial charge in [0, 0.05) is 11.8 Å². The summed E-state index contributed by atoms with van der Waals surface area (Å²) in [5, 5.41) is 2.46. The van der Waals surface area contributed by atoms with Gasteiger partial charge < -0.3 is 10.1 Å². The number of nitrogens with one attached hydrogen (secondary N) is 1. The maximum Gasteiger partial charge on any atom is 0.299 e. The summed E-state index contributed by atoms with van der Waals surface area (Å²) in [6.07, 6.45) is 5.01. The number of hydrogen-bond acceptors (Lipinski definition) is 4. The van der Waals surface area contributed by atoms with E-state index in [1.807, 2.05) is 0 Å². The molecule has 0 saturated carbocycles. The van der Waals surface area contributed by atoms with Crippen molar-refractivity contribution in [3.8, 4) is 18.4 Å². The van der Waals surface area contributed by atoms with Crippen LogP contribution in [0, 0.1) is 19.3 Å². The highest BCUT2D eigenvalue weighted by Gasteiger charge is 2.10. The summed E-state index contributed by atoms with van der Waals surface area (Å²) in [5.74, 6) is 1.90. The van der Waals surface area contributed by atoms with Gasteiger partial charge in [-0.2, -0.15) is 0 Å². The average molecular weight is 235 g/mol. The number of amides is 1. The fraction of sp³-hybridized carbons (Fsp3) is 0.364. The molecule has 1 N–H and O–H groups in total. The molecule has 90 valence electrons. The third-order valence-electron chi connectivity index (χ3n) is 1.97. The zero-order valence-electron chi connectivity index (χ0n) is 9.69. The highest BCUT2D eigenvalue weighted by molar-refractivity contribution is 5.76. The van der Waals surface area contributed by atoms with Crippen LogP contribution in [-0.4, -0.2) is 29.1 Å². The predicted molar refractivity (Wildman–Crippen MR) is 61.6 cm³/mol. The normalized spacial score (nSPS) is 9.47. The van der Waals surface area contributed by atoms with E-state index in [4.69, 9.17) is 11.2 Å². The van der Waals surface area contributed by atoms with Gasteiger partial charge in [0.25, 0.3) is 11.6 Å². The molecule has 0 atom stereocenters. The fourth-order valence-electron chi connectivity index (χ4n) is 1.24. The second kappa shape index (κ2) is 5.70. The van der Waals surface area contributed by atoms with Crippen LogP contribution in [0.4, 0.5) is 0 Å². The lowest BCUT2D eigenvalue weighted by Gasteiger charge is -2.10. The van der Waals surface area contributed by atoms with E-state index in [-0.39, 0.29) is 30.6 Å². The van der Waals surface area contributed by atoms with Crippen LogP contribution in [0.15, 0.2) is 10.9 Å². The number of terminal acetylenes is 1. The highest BCUT2D eigenvalue weighted by Crippen LogP contribution is 2.03. The van der Waals surface area contributed by atoms with Crippen molar-refractivity contribution in [2.75, 3.05) is 13.7 Å². The molecule has 0 unspecified atom stereocenters. The summed E-state index contributed by atoms with van der Waals surface area (Å²) < 4.78 is 6.08. The van der Waals surface area contributed by atoms with Crippen molar-refractivity contribution >= 4 is 5.91 Å². The van der Waals surface area contributed by atoms with Gasteiger partial charge in [-0.3, -0.25) is 14.2 Å². The number of hydrogen-bond donors (Lipinski definition) is 1. The Morgan fingerprint density at radius 3 is 3.00 bits per heavy atom. The number of ether oxygens (including phenoxy) is 1. The van der Waals surface area contributed by atoms with Crippen LogP contribution in [0.2, 0.25) is 0 Å². The molecule has 0 fully saturated rings. The van der Waals surface area contributed by atoms with Crippen LogP contribution in [0.5, 0.6) is 6.01 Å². The third kappa shape index (κ3) is 3.34. The van der Waals surface area contributed by atoms with Crippen LogP contribution in [0.1, 0.15) is 5.69 Å². The van der Waals surface area contributed by atoms with Crippen molar-refractivity contribution < 1.29 is 9.53 Å². The minimum atomic E-state index is -0.367. The highest BCUT2D eigenvalue weighted by atomic mass is 16.5. The molecule has 1 heterocycles. The van der Waals surface area contributed by atoms with Crippen molar-refractivity contribution in [2.24, 2.45) is 0 Å². The molecule has 6 nitrogen and oxygen atoms in total. The second-order valence-electron chi connectivity index (χ2n) is 3.29. The van der Waals surface area contributed by atoms with Crippen LogP contribution in [0.3, 0.4) is 0 Å². The number of nitrogens with zero attached hydrogens (tertiary/aromatic N) is 2. The number of aromatic nitrogens is 2. The van der Waals surface area contributed by atoms with E-state index in [0.717, 1.165) is 4.57 Å². The molecule has 0 radical (unpaired) electrons. The first kappa shape index (κ1) is 12.8. The van der Waals surface area contributed by atoms with Gasteiger partial charge in [0.15, 0.2) is 0 Å². The molecule has 6 heteroatoms. The number of methoxy groups -OCH3 is 1. The zero-order chi connectivity index (χ0) is 12.8. The standard InChI is InChI=1S/C11H13N3O3/c1-4-5-12-9(15)7-14-10(16)6-8(2)13-11(14)17-3/h1,6H,5,7H2,2-3H3,(H,12,15). The lowest BCUT2D eigenvalue weighted by atomic mass is 10.4. The van der Waals surface area contributed by atoms with Crippen molar-refractivity contribution in [1.82, 2.24) is 14.9 Å². The molecule has 1 aromatic heterocycles. The van der Waals surface area contributed by atoms with E-state index in [1.165, 1.54) is 13.2 Å². The van der Waals surface area contributed by atoms with E-state index < -0.39 is 0 Å². The fourth-order valence-corrected chi connectivity index (χ4v) is 1.24. The Morgan fingerprint density at radius 2 is 2.41 bits per heavy atom. The number of carbonyl (C=O) groups excluding carboxylic acids is 1. The van der Waals surface area contributed by atoms with Gasteiger partial charge in [0.05, 0.1) is 13.7 Å². The van der Waals surface area contributed by atoms with Crippen LogP contribution in [-0.2, 0) is 11.3 Å². The molecule has 0 aliphatic carbocycles. The molecule has 1 amide bonds. The largest absolute Gasteiger partial charge is 0.468 e. The lowest BCUT2D eigenvalue weighted by molar-refractivity contribution is -0.121. The maximum absolute atomic E-state index is 11.7. The van der Waals surface area contributed by atoms with Crippen LogP contribution >= 0.6 is 0 Å². The van der Waals surface area contributed by atoms with Gasteiger partial charge in [0.2, 0.25) is 5.91 Å². The Hall–Kier alpha value is -2.29. The number of aryl methyl sites for hydroxylation is 1. The minimum Gasteiger partial charge on any atom is -0.468 e. The van der Waals surface area contributed by atoms with Crippen molar-refractivity contribution in [2.45, 2.75) is 13.5 Å². The molecule has 0 bridgehead atoms. The van der Waals surface area contributed by atoms with Gasteiger partial charge in [-0.25, -0.2) is 4.98 Å². The van der Waals surface area contributed by atoms with E-state index in [0.29, 0.717) is 5.69 Å². The minimum absolute atomic E-state index is 0.103. The predicted octanol–water partition coefficient (Wildman–Crippen LogP) is -0.690. The second-order valence-corrected chi connectivity index (χ2v) is 3.29. The summed E-state index contributed by atoms with van der Waals surface area (Å²) in [5.41, 5.74) is 0.192. The third-order valence-corrected chi connectivity index (χ3v) is 1.97. The summed E-state index contributed by atoms with van der Waals surface area (Å²) in [6, 6.07) is 1.43. The first-order chi connectivity index (χ1) is 8.08. The quantitative estimate of drug-likeness (QED) is 0.701. The maximum atomic E-state index is 11.7. The topological polar surface area (TPSA) is 73.2 Å². The SMILES string of the molecule is C#CCNC(=O)Cn1c(OC)nc(C)cc1=O. The lowest BCUT2D eigenvalue weighted by Crippen LogP contribution is -2.33. The van der Waals surface area contributed by atoms with Crippen LogP contribution in [0.25, 0.3) is 0 Å². The van der Waals surface area contributed by atoms with E-state index in [9.17, 15) is 9.59 Å². The Bertz CT molecular complexity index is 514. The Balaban J connectivity index is 2.95. The van der Waals surface area contributed by atoms with E-state index >= 15 is 0 Å². The van der Waals surface area contributed by atoms with Gasteiger partial charge in [-0.1, -0.05) is 5.92 Å². The molecule has 1 rings (SSSR count). The van der Waals surface area contributed by atoms with E-state index in [2.05, 4.69) is 16.2 Å². The molecule has 0 aliphatic heterocycles. The molecule has 17 heavy (non-hydrogen) atoms. The summed E-state index contributed by atoms with van der Waals surface area (Å²) in [4.78, 5) is 27.1. The summed E-state index contributed by atoms with van der Waals surface area (Å²) >= 11 is 0. The Morgan fingerprint density at radius 1 is 1.71 bits per heavy atom. The van der Waals surface area contributed by atoms with E-state index in [1.54, 1.807) is 6.92 Å². The molecule has 0 spiro atoms. The molecule has 0 saturated heterocycles. The number of rotatable bonds is 4. The zero-order valence-corrected chi connectivity index (χ0v) is 9.69. The van der Waals surface area contributed by atoms with Crippen molar-refractivity contribution in [3.63, 3.8) is 0 Å². The molecular weight excluding hydrogens is 222 g/mol. The average Bonchev–Trinajstić information content (AvgIpc) is 2.29. The summed E-state index contributed by atoms with van der Waals surface area (Å²) in [6.45, 7) is 1.62. The Kier molecular flexibility index (Phi) is 4.29. The van der Waals surface area contributed by atoms with Crippen LogP contribution < -0.4 is 15.6 Å². The van der Waals surface area contributed by atoms with Gasteiger partial charge >= 0.3 is 0 Å². The molecule has 0 aliphatic rings. The summed E-state index contributed by atoms with van der Waals surface area (Å²) in [7, 11) is 1.39.